The van der Waals surface area contributed by atoms with Crippen LogP contribution < -0.4 is 16.4 Å². The number of carbonyl (C=O) groups excluding carboxylic acids is 2. The lowest BCUT2D eigenvalue weighted by atomic mass is 9.95. The van der Waals surface area contributed by atoms with Crippen molar-refractivity contribution in [3.63, 3.8) is 0 Å². The summed E-state index contributed by atoms with van der Waals surface area (Å²) in [6.45, 7) is 3.96. The van der Waals surface area contributed by atoms with Crippen LogP contribution in [-0.4, -0.2) is 34.6 Å². The number of benzene rings is 1. The summed E-state index contributed by atoms with van der Waals surface area (Å²) in [4.78, 5) is 24.9. The van der Waals surface area contributed by atoms with Crippen LogP contribution in [0.4, 0.5) is 9.93 Å². The predicted molar refractivity (Wildman–Crippen MR) is 104 cm³/mol. The highest BCUT2D eigenvalue weighted by atomic mass is 32.2. The number of nitrogens with two attached hydrogens (primary N) is 1. The molecule has 1 atom stereocenters. The molecule has 2 heterocycles. The number of ether oxygens (including phenoxy) is 1. The molecule has 4 N–H and O–H groups in total. The normalized spacial score (nSPS) is 16.7. The summed E-state index contributed by atoms with van der Waals surface area (Å²) in [5.74, 6) is -0.138. The smallest absolute Gasteiger partial charge is 0.338 e. The van der Waals surface area contributed by atoms with Gasteiger partial charge in [-0.25, -0.2) is 9.59 Å². The summed E-state index contributed by atoms with van der Waals surface area (Å²) in [6, 6.07) is 6.69. The van der Waals surface area contributed by atoms with Crippen molar-refractivity contribution in [1.82, 2.24) is 20.8 Å². The van der Waals surface area contributed by atoms with Gasteiger partial charge in [-0.1, -0.05) is 52.9 Å². The number of thioether (sulfide) groups is 1. The molecule has 1 aliphatic rings. The number of aromatic nitrogens is 2. The number of anilines is 1. The van der Waals surface area contributed by atoms with Gasteiger partial charge in [0, 0.05) is 11.4 Å². The Labute approximate surface area is 164 Å². The SMILES string of the molecule is CCOC(=O)C1=C(CSc2nnc(N)s2)NC(=O)N[C@@H]1c1ccc(C)cc1. The molecular formula is C17H19N5O3S2. The van der Waals surface area contributed by atoms with E-state index in [4.69, 9.17) is 10.5 Å². The standard InChI is InChI=1S/C17H19N5O3S2/c1-3-25-14(23)12-11(8-26-17-22-21-15(18)27-17)19-16(24)20-13(12)10-6-4-9(2)5-7-10/h4-7,13H,3,8H2,1-2H3,(H2,18,21)(H2,19,20,24)/t13-/m1/s1. The number of hydrogen-bond acceptors (Lipinski definition) is 8. The lowest BCUT2D eigenvalue weighted by molar-refractivity contribution is -0.139. The summed E-state index contributed by atoms with van der Waals surface area (Å²) in [6.07, 6.45) is 0. The first-order chi connectivity index (χ1) is 13.0. The van der Waals surface area contributed by atoms with E-state index >= 15 is 0 Å². The Balaban J connectivity index is 1.96. The molecule has 0 bridgehead atoms. The minimum Gasteiger partial charge on any atom is -0.463 e. The van der Waals surface area contributed by atoms with Gasteiger partial charge in [0.2, 0.25) is 5.13 Å². The van der Waals surface area contributed by atoms with Gasteiger partial charge in [-0.05, 0) is 19.4 Å². The number of aryl methyl sites for hydroxylation is 1. The van der Waals surface area contributed by atoms with Crippen molar-refractivity contribution in [3.8, 4) is 0 Å². The molecule has 1 aliphatic heterocycles. The van der Waals surface area contributed by atoms with Crippen LogP contribution in [0.3, 0.4) is 0 Å². The number of nitrogens with zero attached hydrogens (tertiary/aromatic N) is 2. The van der Waals surface area contributed by atoms with Crippen LogP contribution in [0, 0.1) is 6.92 Å². The molecule has 0 spiro atoms. The highest BCUT2D eigenvalue weighted by Gasteiger charge is 2.33. The maximum atomic E-state index is 12.7. The molecule has 10 heteroatoms. The first-order valence-corrected chi connectivity index (χ1v) is 10.0. The van der Waals surface area contributed by atoms with E-state index in [0.29, 0.717) is 26.5 Å². The van der Waals surface area contributed by atoms with Crippen LogP contribution in [0.1, 0.15) is 24.1 Å². The van der Waals surface area contributed by atoms with E-state index in [1.54, 1.807) is 6.92 Å². The number of nitrogens with one attached hydrogen (secondary N) is 2. The number of amides is 2. The molecule has 0 saturated heterocycles. The second kappa shape index (κ2) is 8.40. The molecule has 0 fully saturated rings. The Hall–Kier alpha value is -2.59. The van der Waals surface area contributed by atoms with Crippen LogP contribution in [0.5, 0.6) is 0 Å². The lowest BCUT2D eigenvalue weighted by Crippen LogP contribution is -2.46. The van der Waals surface area contributed by atoms with Crippen molar-refractivity contribution in [2.75, 3.05) is 18.1 Å². The molecule has 142 valence electrons. The second-order valence-corrected chi connectivity index (χ2v) is 7.98. The van der Waals surface area contributed by atoms with Gasteiger partial charge in [-0.15, -0.1) is 10.2 Å². The zero-order chi connectivity index (χ0) is 19.4. The zero-order valence-corrected chi connectivity index (χ0v) is 16.4. The van der Waals surface area contributed by atoms with Crippen molar-refractivity contribution in [2.45, 2.75) is 24.2 Å². The quantitative estimate of drug-likeness (QED) is 0.499. The van der Waals surface area contributed by atoms with Crippen LogP contribution in [-0.2, 0) is 9.53 Å². The number of hydrogen-bond donors (Lipinski definition) is 3. The monoisotopic (exact) mass is 405 g/mol. The summed E-state index contributed by atoms with van der Waals surface area (Å²) in [5.41, 5.74) is 8.36. The van der Waals surface area contributed by atoms with Gasteiger partial charge < -0.3 is 21.1 Å². The van der Waals surface area contributed by atoms with Crippen LogP contribution in [0.15, 0.2) is 39.9 Å². The molecule has 0 radical (unpaired) electrons. The fourth-order valence-corrected chi connectivity index (χ4v) is 4.21. The van der Waals surface area contributed by atoms with Crippen LogP contribution in [0.25, 0.3) is 0 Å². The predicted octanol–water partition coefficient (Wildman–Crippen LogP) is 2.39. The van der Waals surface area contributed by atoms with Gasteiger partial charge in [0.1, 0.15) is 0 Å². The van der Waals surface area contributed by atoms with E-state index in [1.807, 2.05) is 31.2 Å². The van der Waals surface area contributed by atoms with Crippen LogP contribution >= 0.6 is 23.1 Å². The number of urea groups is 1. The molecule has 1 aromatic heterocycles. The number of rotatable bonds is 6. The first-order valence-electron chi connectivity index (χ1n) is 8.24. The van der Waals surface area contributed by atoms with E-state index < -0.39 is 12.0 Å². The largest absolute Gasteiger partial charge is 0.463 e. The van der Waals surface area contributed by atoms with Crippen LogP contribution in [0.2, 0.25) is 0 Å². The van der Waals surface area contributed by atoms with Gasteiger partial charge >= 0.3 is 12.0 Å². The van der Waals surface area contributed by atoms with Crippen molar-refractivity contribution in [3.05, 3.63) is 46.7 Å². The molecule has 3 rings (SSSR count). The van der Waals surface area contributed by atoms with Crippen molar-refractivity contribution in [1.29, 1.82) is 0 Å². The Bertz CT molecular complexity index is 879. The van der Waals surface area contributed by atoms with Crippen molar-refractivity contribution < 1.29 is 14.3 Å². The summed E-state index contributed by atoms with van der Waals surface area (Å²) in [5, 5.41) is 13.6. The zero-order valence-electron chi connectivity index (χ0n) is 14.8. The topological polar surface area (TPSA) is 119 Å². The molecule has 8 nitrogen and oxygen atoms in total. The highest BCUT2D eigenvalue weighted by molar-refractivity contribution is 8.01. The summed E-state index contributed by atoms with van der Waals surface area (Å²) >= 11 is 2.59. The molecule has 1 aromatic carbocycles. The molecule has 2 amide bonds. The van der Waals surface area contributed by atoms with Gasteiger partial charge in [-0.2, -0.15) is 0 Å². The van der Waals surface area contributed by atoms with E-state index in [-0.39, 0.29) is 12.6 Å². The molecule has 0 aliphatic carbocycles. The first kappa shape index (κ1) is 19.2. The van der Waals surface area contributed by atoms with E-state index in [0.717, 1.165) is 11.1 Å². The van der Waals surface area contributed by atoms with E-state index in [2.05, 4.69) is 20.8 Å². The Morgan fingerprint density at radius 2 is 2.07 bits per heavy atom. The second-order valence-electron chi connectivity index (χ2n) is 5.75. The molecule has 0 saturated carbocycles. The third-order valence-corrected chi connectivity index (χ3v) is 5.73. The average Bonchev–Trinajstić information content (AvgIpc) is 3.05. The van der Waals surface area contributed by atoms with Gasteiger partial charge in [0.15, 0.2) is 4.34 Å². The third-order valence-electron chi connectivity index (χ3n) is 3.82. The van der Waals surface area contributed by atoms with Gasteiger partial charge in [0.25, 0.3) is 0 Å². The van der Waals surface area contributed by atoms with E-state index in [9.17, 15) is 9.59 Å². The number of carbonyl (C=O) groups is 2. The van der Waals surface area contributed by atoms with Gasteiger partial charge in [-0.3, -0.25) is 0 Å². The maximum Gasteiger partial charge on any atom is 0.338 e. The fourth-order valence-electron chi connectivity index (χ4n) is 2.60. The fraction of sp³-hybridized carbons (Fsp3) is 0.294. The highest BCUT2D eigenvalue weighted by Crippen LogP contribution is 2.32. The summed E-state index contributed by atoms with van der Waals surface area (Å²) in [7, 11) is 0. The number of esters is 1. The Morgan fingerprint density at radius 1 is 1.33 bits per heavy atom. The Morgan fingerprint density at radius 3 is 2.70 bits per heavy atom. The third kappa shape index (κ3) is 4.58. The average molecular weight is 406 g/mol. The lowest BCUT2D eigenvalue weighted by Gasteiger charge is -2.29. The molecule has 27 heavy (non-hydrogen) atoms. The van der Waals surface area contributed by atoms with Crippen molar-refractivity contribution in [2.24, 2.45) is 0 Å². The minimum atomic E-state index is -0.589. The minimum absolute atomic E-state index is 0.240. The number of nitrogen functional groups attached to an aromatic ring is 1. The summed E-state index contributed by atoms with van der Waals surface area (Å²) < 4.78 is 5.89. The van der Waals surface area contributed by atoms with Gasteiger partial charge in [0.05, 0.1) is 18.2 Å². The maximum absolute atomic E-state index is 12.7. The molecule has 0 unspecified atom stereocenters. The Kier molecular flexibility index (Phi) is 5.97. The van der Waals surface area contributed by atoms with Crippen molar-refractivity contribution >= 4 is 40.2 Å². The molecular weight excluding hydrogens is 386 g/mol. The van der Waals surface area contributed by atoms with E-state index in [1.165, 1.54) is 23.1 Å². The molecule has 2 aromatic rings.